The highest BCUT2D eigenvalue weighted by atomic mass is 15.3. The third kappa shape index (κ3) is 1.96. The van der Waals surface area contributed by atoms with Crippen molar-refractivity contribution in [2.75, 3.05) is 13.1 Å². The monoisotopic (exact) mass is 398 g/mol. The maximum Gasteiger partial charge on any atom is 0.0875 e. The second-order valence-corrected chi connectivity index (χ2v) is 9.24. The van der Waals surface area contributed by atoms with Crippen molar-refractivity contribution in [2.24, 2.45) is 0 Å². The molecule has 8 rings (SSSR count). The average molecular weight is 399 g/mol. The lowest BCUT2D eigenvalue weighted by Gasteiger charge is -2.32. The van der Waals surface area contributed by atoms with Gasteiger partial charge in [0.25, 0.3) is 0 Å². The van der Waals surface area contributed by atoms with Gasteiger partial charge in [0, 0.05) is 13.1 Å². The van der Waals surface area contributed by atoms with Crippen LogP contribution in [0.15, 0.2) is 78.9 Å². The van der Waals surface area contributed by atoms with E-state index in [4.69, 9.17) is 0 Å². The minimum atomic E-state index is 0.240. The second kappa shape index (κ2) is 5.73. The van der Waals surface area contributed by atoms with E-state index in [1.807, 2.05) is 0 Å². The van der Waals surface area contributed by atoms with Gasteiger partial charge in [-0.2, -0.15) is 0 Å². The lowest BCUT2D eigenvalue weighted by Crippen LogP contribution is -2.31. The topological polar surface area (TPSA) is 15.3 Å². The third-order valence-corrected chi connectivity index (χ3v) is 7.88. The predicted octanol–water partition coefficient (Wildman–Crippen LogP) is 5.91. The van der Waals surface area contributed by atoms with E-state index in [2.05, 4.69) is 89.1 Å². The Morgan fingerprint density at radius 2 is 1.45 bits per heavy atom. The van der Waals surface area contributed by atoms with Crippen molar-refractivity contribution in [1.29, 1.82) is 0 Å². The highest BCUT2D eigenvalue weighted by Gasteiger charge is 2.43. The number of benzene rings is 4. The summed E-state index contributed by atoms with van der Waals surface area (Å²) in [6.45, 7) is 2.09. The van der Waals surface area contributed by atoms with Gasteiger partial charge in [-0.15, -0.1) is 0 Å². The molecule has 1 fully saturated rings. The molecule has 4 aromatic carbocycles. The molecule has 0 spiro atoms. The van der Waals surface area contributed by atoms with Gasteiger partial charge in [0.15, 0.2) is 0 Å². The van der Waals surface area contributed by atoms with Gasteiger partial charge in [0.05, 0.1) is 12.2 Å². The SMILES string of the molecule is c1ccc2c(c1)Cc1c3ccc(c1-2)C1NCCN1C1c2ccccc2-c2cccc-3c21. The number of nitrogens with zero attached hydrogens (tertiary/aromatic N) is 1. The maximum atomic E-state index is 3.87. The zero-order valence-electron chi connectivity index (χ0n) is 17.2. The smallest absolute Gasteiger partial charge is 0.0875 e. The van der Waals surface area contributed by atoms with Crippen molar-refractivity contribution in [3.8, 4) is 33.4 Å². The Labute approximate surface area is 182 Å². The van der Waals surface area contributed by atoms with E-state index in [1.165, 1.54) is 61.2 Å². The number of rotatable bonds is 0. The van der Waals surface area contributed by atoms with Gasteiger partial charge in [0.1, 0.15) is 0 Å². The largest absolute Gasteiger partial charge is 0.297 e. The normalized spacial score (nSPS) is 21.5. The molecule has 1 saturated heterocycles. The summed E-state index contributed by atoms with van der Waals surface area (Å²) >= 11 is 0. The summed E-state index contributed by atoms with van der Waals surface area (Å²) in [6.07, 6.45) is 1.27. The van der Waals surface area contributed by atoms with Crippen LogP contribution in [0.5, 0.6) is 0 Å². The summed E-state index contributed by atoms with van der Waals surface area (Å²) in [5.74, 6) is 0. The molecule has 2 unspecified atom stereocenters. The molecule has 0 saturated carbocycles. The number of hydrogen-bond acceptors (Lipinski definition) is 2. The van der Waals surface area contributed by atoms with Crippen LogP contribution >= 0.6 is 0 Å². The Balaban J connectivity index is 1.52. The van der Waals surface area contributed by atoms with Gasteiger partial charge < -0.3 is 0 Å². The summed E-state index contributed by atoms with van der Waals surface area (Å²) in [4.78, 5) is 2.72. The lowest BCUT2D eigenvalue weighted by atomic mass is 9.88. The average Bonchev–Trinajstić information content (AvgIpc) is 3.52. The van der Waals surface area contributed by atoms with Crippen LogP contribution in [-0.4, -0.2) is 18.0 Å². The van der Waals surface area contributed by atoms with Crippen molar-refractivity contribution in [2.45, 2.75) is 18.6 Å². The number of nitrogens with one attached hydrogen (secondary N) is 1. The Kier molecular flexibility index (Phi) is 3.05. The van der Waals surface area contributed by atoms with Gasteiger partial charge >= 0.3 is 0 Å². The summed E-state index contributed by atoms with van der Waals surface area (Å²) < 4.78 is 0. The minimum absolute atomic E-state index is 0.240. The van der Waals surface area contributed by atoms with E-state index in [0.717, 1.165) is 19.5 Å². The van der Waals surface area contributed by atoms with Crippen molar-refractivity contribution < 1.29 is 0 Å². The lowest BCUT2D eigenvalue weighted by molar-refractivity contribution is 0.202. The first kappa shape index (κ1) is 16.5. The second-order valence-electron chi connectivity index (χ2n) is 9.24. The van der Waals surface area contributed by atoms with Crippen LogP contribution in [0, 0.1) is 0 Å². The van der Waals surface area contributed by atoms with E-state index in [1.54, 1.807) is 0 Å². The van der Waals surface area contributed by atoms with Crippen molar-refractivity contribution >= 4 is 0 Å². The Morgan fingerprint density at radius 3 is 2.39 bits per heavy atom. The zero-order chi connectivity index (χ0) is 20.1. The first-order valence-electron chi connectivity index (χ1n) is 11.4. The predicted molar refractivity (Wildman–Crippen MR) is 125 cm³/mol. The Bertz CT molecular complexity index is 1420. The molecule has 0 radical (unpaired) electrons. The molecule has 2 heteroatoms. The molecule has 4 aliphatic rings. The summed E-state index contributed by atoms with van der Waals surface area (Å²) in [6, 6.07) is 30.1. The number of fused-ring (bicyclic) bond motifs is 8. The van der Waals surface area contributed by atoms with Crippen LogP contribution in [-0.2, 0) is 6.42 Å². The molecule has 0 aromatic heterocycles. The van der Waals surface area contributed by atoms with E-state index >= 15 is 0 Å². The van der Waals surface area contributed by atoms with Crippen molar-refractivity contribution in [1.82, 2.24) is 10.2 Å². The van der Waals surface area contributed by atoms with E-state index in [0.29, 0.717) is 6.04 Å². The van der Waals surface area contributed by atoms with Crippen LogP contribution in [0.4, 0.5) is 0 Å². The van der Waals surface area contributed by atoms with E-state index in [-0.39, 0.29) is 6.17 Å². The molecule has 2 aliphatic heterocycles. The maximum absolute atomic E-state index is 3.87. The molecule has 2 atom stereocenters. The van der Waals surface area contributed by atoms with Crippen molar-refractivity contribution in [3.63, 3.8) is 0 Å². The molecular formula is C29H22N2. The molecule has 0 amide bonds. The first-order valence-corrected chi connectivity index (χ1v) is 11.4. The minimum Gasteiger partial charge on any atom is -0.297 e. The van der Waals surface area contributed by atoms with Crippen LogP contribution < -0.4 is 5.32 Å². The van der Waals surface area contributed by atoms with Crippen LogP contribution in [0.25, 0.3) is 33.4 Å². The molecule has 4 aromatic rings. The summed E-state index contributed by atoms with van der Waals surface area (Å²) in [5, 5.41) is 3.87. The standard InChI is InChI=1S/C29H22N2/c1-2-7-18-17(6-1)16-25-20-12-13-24(26(18)25)29-30-14-15-31(29)28-23-9-4-3-8-19(23)21-10-5-11-22(20)27(21)28/h1-13,28-30H,14-16H2. The number of hydrogen-bond donors (Lipinski definition) is 1. The quantitative estimate of drug-likeness (QED) is 0.349. The van der Waals surface area contributed by atoms with Crippen LogP contribution in [0.3, 0.4) is 0 Å². The molecule has 31 heavy (non-hydrogen) atoms. The van der Waals surface area contributed by atoms with Gasteiger partial charge in [0.2, 0.25) is 0 Å². The molecule has 2 nitrogen and oxygen atoms in total. The highest BCUT2D eigenvalue weighted by Crippen LogP contribution is 2.56. The van der Waals surface area contributed by atoms with Crippen LogP contribution in [0.2, 0.25) is 0 Å². The molecule has 2 bridgehead atoms. The molecule has 2 aliphatic carbocycles. The fraction of sp³-hybridized carbons (Fsp3) is 0.172. The van der Waals surface area contributed by atoms with Gasteiger partial charge in [-0.3, -0.25) is 10.2 Å². The Morgan fingerprint density at radius 1 is 0.677 bits per heavy atom. The van der Waals surface area contributed by atoms with Gasteiger partial charge in [-0.05, 0) is 67.6 Å². The summed E-state index contributed by atoms with van der Waals surface area (Å²) in [5.41, 5.74) is 15.9. The fourth-order valence-corrected chi connectivity index (χ4v) is 6.71. The fourth-order valence-electron chi connectivity index (χ4n) is 6.71. The summed E-state index contributed by atoms with van der Waals surface area (Å²) in [7, 11) is 0. The van der Waals surface area contributed by atoms with E-state index in [9.17, 15) is 0 Å². The molecule has 1 N–H and O–H groups in total. The first-order chi connectivity index (χ1) is 15.4. The third-order valence-electron chi connectivity index (χ3n) is 7.88. The van der Waals surface area contributed by atoms with Crippen molar-refractivity contribution in [3.05, 3.63) is 107 Å². The van der Waals surface area contributed by atoms with E-state index < -0.39 is 0 Å². The molecule has 148 valence electrons. The van der Waals surface area contributed by atoms with Gasteiger partial charge in [-0.25, -0.2) is 0 Å². The molecular weight excluding hydrogens is 376 g/mol. The van der Waals surface area contributed by atoms with Gasteiger partial charge in [-0.1, -0.05) is 78.9 Å². The Hall–Kier alpha value is -3.20. The highest BCUT2D eigenvalue weighted by molar-refractivity contribution is 5.92. The zero-order valence-corrected chi connectivity index (χ0v) is 17.2. The van der Waals surface area contributed by atoms with Crippen LogP contribution in [0.1, 0.15) is 40.0 Å². The molecule has 2 heterocycles.